The molecular formula is C10H16Cl2N2O2S. The molecule has 1 heterocycles. The van der Waals surface area contributed by atoms with Crippen molar-refractivity contribution >= 4 is 41.3 Å². The molecule has 1 aromatic heterocycles. The van der Waals surface area contributed by atoms with Gasteiger partial charge in [-0.25, -0.2) is 0 Å². The predicted octanol–water partition coefficient (Wildman–Crippen LogP) is 1.68. The average molecular weight is 299 g/mol. The molecule has 0 atom stereocenters. The topological polar surface area (TPSA) is 50.4 Å². The molecule has 0 unspecified atom stereocenters. The van der Waals surface area contributed by atoms with Crippen LogP contribution in [0, 0.1) is 0 Å². The van der Waals surface area contributed by atoms with Gasteiger partial charge in [0.2, 0.25) is 5.91 Å². The van der Waals surface area contributed by atoms with E-state index in [1.807, 2.05) is 12.1 Å². The fourth-order valence-electron chi connectivity index (χ4n) is 1.07. The van der Waals surface area contributed by atoms with Gasteiger partial charge in [0.25, 0.3) is 0 Å². The van der Waals surface area contributed by atoms with Crippen LogP contribution < -0.4 is 10.6 Å². The molecule has 0 bridgehead atoms. The van der Waals surface area contributed by atoms with Gasteiger partial charge in [0.15, 0.2) is 0 Å². The van der Waals surface area contributed by atoms with Crippen LogP contribution >= 0.6 is 35.3 Å². The molecule has 0 saturated heterocycles. The standard InChI is InChI=1S/C10H15ClN2O2S.ClH/c1-15-5-4-12-7-10(14)13-6-8-2-3-9(11)16-8;/h2-3,12H,4-7H2,1H3,(H,13,14);1H. The molecule has 0 aliphatic rings. The molecule has 0 spiro atoms. The lowest BCUT2D eigenvalue weighted by Crippen LogP contribution is -2.34. The summed E-state index contributed by atoms with van der Waals surface area (Å²) in [5.41, 5.74) is 0. The first-order chi connectivity index (χ1) is 7.72. The van der Waals surface area contributed by atoms with Gasteiger partial charge in [0.1, 0.15) is 0 Å². The summed E-state index contributed by atoms with van der Waals surface area (Å²) in [4.78, 5) is 12.4. The molecule has 1 aromatic rings. The van der Waals surface area contributed by atoms with Gasteiger partial charge in [0.05, 0.1) is 24.0 Å². The quantitative estimate of drug-likeness (QED) is 0.753. The first kappa shape index (κ1) is 16.7. The molecule has 7 heteroatoms. The third kappa shape index (κ3) is 7.57. The number of methoxy groups -OCH3 is 1. The highest BCUT2D eigenvalue weighted by Gasteiger charge is 2.02. The molecular weight excluding hydrogens is 283 g/mol. The third-order valence-electron chi connectivity index (χ3n) is 1.86. The van der Waals surface area contributed by atoms with Gasteiger partial charge in [0, 0.05) is 18.5 Å². The lowest BCUT2D eigenvalue weighted by Gasteiger charge is -2.05. The minimum absolute atomic E-state index is 0. The van der Waals surface area contributed by atoms with Crippen LogP contribution in [-0.2, 0) is 16.1 Å². The van der Waals surface area contributed by atoms with Crippen LogP contribution in [0.2, 0.25) is 4.34 Å². The molecule has 1 rings (SSSR count). The Labute approximate surface area is 116 Å². The van der Waals surface area contributed by atoms with E-state index in [-0.39, 0.29) is 18.3 Å². The van der Waals surface area contributed by atoms with Crippen molar-refractivity contribution in [2.45, 2.75) is 6.54 Å². The third-order valence-corrected chi connectivity index (χ3v) is 3.09. The van der Waals surface area contributed by atoms with Crippen LogP contribution in [-0.4, -0.2) is 32.7 Å². The van der Waals surface area contributed by atoms with Crippen molar-refractivity contribution in [3.8, 4) is 0 Å². The van der Waals surface area contributed by atoms with Crippen molar-refractivity contribution in [2.24, 2.45) is 0 Å². The average Bonchev–Trinajstić information content (AvgIpc) is 2.68. The van der Waals surface area contributed by atoms with E-state index in [0.717, 1.165) is 9.21 Å². The van der Waals surface area contributed by atoms with E-state index < -0.39 is 0 Å². The number of ether oxygens (including phenoxy) is 1. The fourth-order valence-corrected chi connectivity index (χ4v) is 2.10. The summed E-state index contributed by atoms with van der Waals surface area (Å²) in [6.07, 6.45) is 0. The number of carbonyl (C=O) groups is 1. The number of carbonyl (C=O) groups excluding carboxylic acids is 1. The van der Waals surface area contributed by atoms with Crippen molar-refractivity contribution in [3.63, 3.8) is 0 Å². The zero-order valence-electron chi connectivity index (χ0n) is 9.49. The number of rotatable bonds is 7. The summed E-state index contributed by atoms with van der Waals surface area (Å²) >= 11 is 7.25. The molecule has 1 amide bonds. The summed E-state index contributed by atoms with van der Waals surface area (Å²) in [7, 11) is 1.63. The molecule has 17 heavy (non-hydrogen) atoms. The van der Waals surface area contributed by atoms with Gasteiger partial charge in [-0.3, -0.25) is 4.79 Å². The van der Waals surface area contributed by atoms with E-state index in [2.05, 4.69) is 10.6 Å². The Bertz CT molecular complexity index is 334. The van der Waals surface area contributed by atoms with E-state index in [1.54, 1.807) is 7.11 Å². The van der Waals surface area contributed by atoms with Gasteiger partial charge in [-0.1, -0.05) is 11.6 Å². The lowest BCUT2D eigenvalue weighted by molar-refractivity contribution is -0.120. The molecule has 2 N–H and O–H groups in total. The van der Waals surface area contributed by atoms with Crippen molar-refractivity contribution in [3.05, 3.63) is 21.3 Å². The van der Waals surface area contributed by atoms with Crippen molar-refractivity contribution < 1.29 is 9.53 Å². The Morgan fingerprint density at radius 3 is 2.88 bits per heavy atom. The Morgan fingerprint density at radius 1 is 1.53 bits per heavy atom. The lowest BCUT2D eigenvalue weighted by atomic mass is 10.4. The van der Waals surface area contributed by atoms with E-state index in [1.165, 1.54) is 11.3 Å². The Kier molecular flexibility index (Phi) is 9.49. The number of amides is 1. The van der Waals surface area contributed by atoms with Gasteiger partial charge in [-0.2, -0.15) is 0 Å². The van der Waals surface area contributed by atoms with Crippen LogP contribution in [0.3, 0.4) is 0 Å². The van der Waals surface area contributed by atoms with Crippen molar-refractivity contribution in [1.29, 1.82) is 0 Å². The molecule has 0 aliphatic heterocycles. The van der Waals surface area contributed by atoms with E-state index in [4.69, 9.17) is 16.3 Å². The summed E-state index contributed by atoms with van der Waals surface area (Å²) in [6.45, 7) is 2.12. The number of hydrogen-bond donors (Lipinski definition) is 2. The van der Waals surface area contributed by atoms with Crippen LogP contribution in [0.15, 0.2) is 12.1 Å². The van der Waals surface area contributed by atoms with Crippen LogP contribution in [0.25, 0.3) is 0 Å². The zero-order chi connectivity index (χ0) is 11.8. The fraction of sp³-hybridized carbons (Fsp3) is 0.500. The highest BCUT2D eigenvalue weighted by atomic mass is 35.5. The van der Waals surface area contributed by atoms with Gasteiger partial charge in [-0.15, -0.1) is 23.7 Å². The van der Waals surface area contributed by atoms with Gasteiger partial charge in [-0.05, 0) is 12.1 Å². The second-order valence-corrected chi connectivity index (χ2v) is 4.95. The minimum Gasteiger partial charge on any atom is -0.383 e. The van der Waals surface area contributed by atoms with Gasteiger partial charge >= 0.3 is 0 Å². The largest absolute Gasteiger partial charge is 0.383 e. The van der Waals surface area contributed by atoms with E-state index in [9.17, 15) is 4.79 Å². The Hall–Kier alpha value is -0.330. The maximum absolute atomic E-state index is 11.3. The highest BCUT2D eigenvalue weighted by Crippen LogP contribution is 2.20. The zero-order valence-corrected chi connectivity index (χ0v) is 11.9. The SMILES string of the molecule is COCCNCC(=O)NCc1ccc(Cl)s1.Cl. The first-order valence-electron chi connectivity index (χ1n) is 4.93. The first-order valence-corrected chi connectivity index (χ1v) is 6.12. The molecule has 0 aromatic carbocycles. The van der Waals surface area contributed by atoms with Crippen LogP contribution in [0.5, 0.6) is 0 Å². The highest BCUT2D eigenvalue weighted by molar-refractivity contribution is 7.16. The number of nitrogens with one attached hydrogen (secondary N) is 2. The normalized spacial score (nSPS) is 9.76. The summed E-state index contributed by atoms with van der Waals surface area (Å²) < 4.78 is 5.59. The Balaban J connectivity index is 0.00000256. The Morgan fingerprint density at radius 2 is 2.29 bits per heavy atom. The van der Waals surface area contributed by atoms with Gasteiger partial charge < -0.3 is 15.4 Å². The predicted molar refractivity (Wildman–Crippen MR) is 73.2 cm³/mol. The molecule has 4 nitrogen and oxygen atoms in total. The van der Waals surface area contributed by atoms with Crippen molar-refractivity contribution in [2.75, 3.05) is 26.8 Å². The van der Waals surface area contributed by atoms with Crippen LogP contribution in [0.1, 0.15) is 4.88 Å². The maximum atomic E-state index is 11.3. The molecule has 0 fully saturated rings. The number of halogens is 2. The van der Waals surface area contributed by atoms with E-state index in [0.29, 0.717) is 26.2 Å². The summed E-state index contributed by atoms with van der Waals surface area (Å²) in [5.74, 6) is -0.0272. The van der Waals surface area contributed by atoms with E-state index >= 15 is 0 Å². The second-order valence-electron chi connectivity index (χ2n) is 3.15. The monoisotopic (exact) mass is 298 g/mol. The smallest absolute Gasteiger partial charge is 0.234 e. The molecule has 98 valence electrons. The maximum Gasteiger partial charge on any atom is 0.234 e. The number of hydrogen-bond acceptors (Lipinski definition) is 4. The summed E-state index contributed by atoms with van der Waals surface area (Å²) in [5, 5.41) is 5.77. The minimum atomic E-state index is -0.0272. The molecule has 0 saturated carbocycles. The van der Waals surface area contributed by atoms with Crippen LogP contribution in [0.4, 0.5) is 0 Å². The summed E-state index contributed by atoms with van der Waals surface area (Å²) in [6, 6.07) is 3.73. The van der Waals surface area contributed by atoms with Crippen molar-refractivity contribution in [1.82, 2.24) is 10.6 Å². The second kappa shape index (κ2) is 9.67. The molecule has 0 aliphatic carbocycles. The molecule has 0 radical (unpaired) electrons. The number of thiophene rings is 1.